The van der Waals surface area contributed by atoms with Crippen LogP contribution in [0.1, 0.15) is 44.2 Å². The van der Waals surface area contributed by atoms with Gasteiger partial charge in [-0.15, -0.1) is 0 Å². The molecule has 2 N–H and O–H groups in total. The maximum atomic E-state index is 6.20. The molecule has 2 nitrogen and oxygen atoms in total. The van der Waals surface area contributed by atoms with E-state index in [4.69, 9.17) is 10.5 Å². The predicted molar refractivity (Wildman–Crippen MR) is 75.9 cm³/mol. The Balaban J connectivity index is 2.12. The Bertz CT molecular complexity index is 405. The standard InChI is InChI=1S/C16H25NO/c1-11-7-12(2)9-13(8-11)18-15-10-16(3,4)6-5-14(15)17/h7-9,14-15H,5-6,10,17H2,1-4H3. The number of ether oxygens (including phenoxy) is 1. The summed E-state index contributed by atoms with van der Waals surface area (Å²) >= 11 is 0. The molecule has 1 aliphatic rings. The highest BCUT2D eigenvalue weighted by Crippen LogP contribution is 2.36. The average Bonchev–Trinajstić information content (AvgIpc) is 2.22. The first kappa shape index (κ1) is 13.4. The van der Waals surface area contributed by atoms with E-state index in [2.05, 4.69) is 45.9 Å². The van der Waals surface area contributed by atoms with Gasteiger partial charge in [-0.3, -0.25) is 0 Å². The van der Waals surface area contributed by atoms with E-state index in [1.54, 1.807) is 0 Å². The molecule has 2 heteroatoms. The first-order valence-corrected chi connectivity index (χ1v) is 6.86. The molecule has 2 unspecified atom stereocenters. The summed E-state index contributed by atoms with van der Waals surface area (Å²) in [7, 11) is 0. The van der Waals surface area contributed by atoms with E-state index in [1.165, 1.54) is 17.5 Å². The molecule has 2 rings (SSSR count). The molecule has 0 aromatic heterocycles. The van der Waals surface area contributed by atoms with Crippen molar-refractivity contribution in [3.63, 3.8) is 0 Å². The molecule has 100 valence electrons. The third-order valence-corrected chi connectivity index (χ3v) is 3.87. The van der Waals surface area contributed by atoms with Gasteiger partial charge in [0, 0.05) is 6.04 Å². The van der Waals surface area contributed by atoms with Gasteiger partial charge in [0.25, 0.3) is 0 Å². The maximum absolute atomic E-state index is 6.20. The third-order valence-electron chi connectivity index (χ3n) is 3.87. The number of nitrogens with two attached hydrogens (primary N) is 1. The van der Waals surface area contributed by atoms with Crippen LogP contribution >= 0.6 is 0 Å². The Kier molecular flexibility index (Phi) is 3.67. The van der Waals surface area contributed by atoms with E-state index >= 15 is 0 Å². The minimum absolute atomic E-state index is 0.148. The number of aryl methyl sites for hydroxylation is 2. The van der Waals surface area contributed by atoms with Gasteiger partial charge in [0.2, 0.25) is 0 Å². The molecule has 1 aromatic rings. The summed E-state index contributed by atoms with van der Waals surface area (Å²) < 4.78 is 6.14. The van der Waals surface area contributed by atoms with Gasteiger partial charge >= 0.3 is 0 Å². The Morgan fingerprint density at radius 3 is 2.39 bits per heavy atom. The Morgan fingerprint density at radius 1 is 1.17 bits per heavy atom. The first-order chi connectivity index (χ1) is 8.35. The summed E-state index contributed by atoms with van der Waals surface area (Å²) in [6.45, 7) is 8.81. The van der Waals surface area contributed by atoms with Crippen LogP contribution in [0.25, 0.3) is 0 Å². The van der Waals surface area contributed by atoms with E-state index in [0.717, 1.165) is 18.6 Å². The van der Waals surface area contributed by atoms with Crippen molar-refractivity contribution in [2.45, 2.75) is 59.1 Å². The Morgan fingerprint density at radius 2 is 1.78 bits per heavy atom. The van der Waals surface area contributed by atoms with Crippen molar-refractivity contribution in [2.24, 2.45) is 11.1 Å². The highest BCUT2D eigenvalue weighted by Gasteiger charge is 2.34. The molecule has 0 radical (unpaired) electrons. The van der Waals surface area contributed by atoms with Gasteiger partial charge in [0.05, 0.1) is 0 Å². The number of rotatable bonds is 2. The van der Waals surface area contributed by atoms with Crippen molar-refractivity contribution < 1.29 is 4.74 Å². The fraction of sp³-hybridized carbons (Fsp3) is 0.625. The highest BCUT2D eigenvalue weighted by molar-refractivity contribution is 5.33. The van der Waals surface area contributed by atoms with Crippen LogP contribution in [0.2, 0.25) is 0 Å². The molecular weight excluding hydrogens is 222 g/mol. The van der Waals surface area contributed by atoms with E-state index in [-0.39, 0.29) is 12.1 Å². The summed E-state index contributed by atoms with van der Waals surface area (Å²) in [4.78, 5) is 0. The molecule has 0 heterocycles. The molecule has 0 saturated heterocycles. The van der Waals surface area contributed by atoms with Gasteiger partial charge in [-0.05, 0) is 61.8 Å². The van der Waals surface area contributed by atoms with E-state index < -0.39 is 0 Å². The summed E-state index contributed by atoms with van der Waals surface area (Å²) in [5.41, 5.74) is 9.03. The smallest absolute Gasteiger partial charge is 0.120 e. The minimum Gasteiger partial charge on any atom is -0.489 e. The fourth-order valence-corrected chi connectivity index (χ4v) is 2.85. The zero-order valence-electron chi connectivity index (χ0n) is 12.0. The normalized spacial score (nSPS) is 26.9. The molecule has 18 heavy (non-hydrogen) atoms. The van der Waals surface area contributed by atoms with Crippen molar-refractivity contribution in [3.8, 4) is 5.75 Å². The van der Waals surface area contributed by atoms with E-state index in [0.29, 0.717) is 5.41 Å². The maximum Gasteiger partial charge on any atom is 0.120 e. The quantitative estimate of drug-likeness (QED) is 0.867. The van der Waals surface area contributed by atoms with Gasteiger partial charge in [-0.2, -0.15) is 0 Å². The number of benzene rings is 1. The summed E-state index contributed by atoms with van der Waals surface area (Å²) in [5.74, 6) is 0.964. The molecule has 1 fully saturated rings. The van der Waals surface area contributed by atoms with Crippen LogP contribution < -0.4 is 10.5 Å². The van der Waals surface area contributed by atoms with Crippen LogP contribution in [0.5, 0.6) is 5.75 Å². The molecule has 2 atom stereocenters. The molecule has 1 aliphatic carbocycles. The fourth-order valence-electron chi connectivity index (χ4n) is 2.85. The van der Waals surface area contributed by atoms with Crippen molar-refractivity contribution in [1.29, 1.82) is 0 Å². The van der Waals surface area contributed by atoms with Crippen LogP contribution in [0.3, 0.4) is 0 Å². The third kappa shape index (κ3) is 3.26. The van der Waals surface area contributed by atoms with Gasteiger partial charge in [0.1, 0.15) is 11.9 Å². The molecule has 1 saturated carbocycles. The van der Waals surface area contributed by atoms with Crippen LogP contribution in [-0.2, 0) is 0 Å². The topological polar surface area (TPSA) is 35.2 Å². The second-order valence-electron chi connectivity index (χ2n) is 6.55. The van der Waals surface area contributed by atoms with E-state index in [1.807, 2.05) is 0 Å². The molecule has 0 spiro atoms. The lowest BCUT2D eigenvalue weighted by Gasteiger charge is -2.39. The molecular formula is C16H25NO. The second-order valence-corrected chi connectivity index (χ2v) is 6.55. The average molecular weight is 247 g/mol. The van der Waals surface area contributed by atoms with Crippen LogP contribution in [0.4, 0.5) is 0 Å². The molecule has 0 amide bonds. The van der Waals surface area contributed by atoms with Crippen LogP contribution in [0.15, 0.2) is 18.2 Å². The lowest BCUT2D eigenvalue weighted by atomic mass is 9.74. The van der Waals surface area contributed by atoms with Gasteiger partial charge in [-0.1, -0.05) is 19.9 Å². The zero-order chi connectivity index (χ0) is 13.3. The van der Waals surface area contributed by atoms with Gasteiger partial charge in [-0.25, -0.2) is 0 Å². The Labute approximate surface area is 111 Å². The van der Waals surface area contributed by atoms with Gasteiger partial charge in [0.15, 0.2) is 0 Å². The van der Waals surface area contributed by atoms with Crippen LogP contribution in [-0.4, -0.2) is 12.1 Å². The first-order valence-electron chi connectivity index (χ1n) is 6.86. The second kappa shape index (κ2) is 4.93. The van der Waals surface area contributed by atoms with Crippen molar-refractivity contribution >= 4 is 0 Å². The monoisotopic (exact) mass is 247 g/mol. The zero-order valence-corrected chi connectivity index (χ0v) is 12.0. The summed E-state index contributed by atoms with van der Waals surface area (Å²) in [6, 6.07) is 6.53. The number of hydrogen-bond acceptors (Lipinski definition) is 2. The number of hydrogen-bond donors (Lipinski definition) is 1. The largest absolute Gasteiger partial charge is 0.489 e. The summed E-state index contributed by atoms with van der Waals surface area (Å²) in [5, 5.41) is 0. The van der Waals surface area contributed by atoms with Crippen molar-refractivity contribution in [3.05, 3.63) is 29.3 Å². The minimum atomic E-state index is 0.148. The molecule has 1 aromatic carbocycles. The summed E-state index contributed by atoms with van der Waals surface area (Å²) in [6.07, 6.45) is 3.44. The predicted octanol–water partition coefficient (Wildman–Crippen LogP) is 3.59. The van der Waals surface area contributed by atoms with E-state index in [9.17, 15) is 0 Å². The lowest BCUT2D eigenvalue weighted by Crippen LogP contribution is -2.46. The SMILES string of the molecule is Cc1cc(C)cc(OC2CC(C)(C)CCC2N)c1. The van der Waals surface area contributed by atoms with Gasteiger partial charge < -0.3 is 10.5 Å². The molecule has 0 aliphatic heterocycles. The van der Waals surface area contributed by atoms with Crippen LogP contribution in [0, 0.1) is 19.3 Å². The molecule has 0 bridgehead atoms. The lowest BCUT2D eigenvalue weighted by molar-refractivity contribution is 0.0668. The van der Waals surface area contributed by atoms with Crippen molar-refractivity contribution in [1.82, 2.24) is 0 Å². The highest BCUT2D eigenvalue weighted by atomic mass is 16.5. The van der Waals surface area contributed by atoms with Crippen molar-refractivity contribution in [2.75, 3.05) is 0 Å². The Hall–Kier alpha value is -1.02.